The van der Waals surface area contributed by atoms with Crippen LogP contribution in [-0.2, 0) is 0 Å². The Hall–Kier alpha value is -3.18. The fourth-order valence-electron chi connectivity index (χ4n) is 3.10. The van der Waals surface area contributed by atoms with Crippen LogP contribution in [0.4, 0.5) is 0 Å². The molecule has 3 aromatic carbocycles. The zero-order valence-electron chi connectivity index (χ0n) is 12.9. The maximum atomic E-state index is 12.9. The maximum Gasteiger partial charge on any atom is 0.225 e. The fourth-order valence-corrected chi connectivity index (χ4v) is 4.02. The summed E-state index contributed by atoms with van der Waals surface area (Å²) in [6, 6.07) is 16.6. The van der Waals surface area contributed by atoms with Crippen LogP contribution in [0.2, 0.25) is 0 Å². The number of carbonyl (C=O) groups excluding carboxylic acids is 1. The van der Waals surface area contributed by atoms with Crippen molar-refractivity contribution in [3.05, 3.63) is 71.4 Å². The zero-order valence-corrected chi connectivity index (χ0v) is 13.7. The van der Waals surface area contributed by atoms with Gasteiger partial charge < -0.3 is 9.52 Å². The number of hydrogen-bond acceptors (Lipinski definition) is 5. The first-order valence-electron chi connectivity index (χ1n) is 7.74. The van der Waals surface area contributed by atoms with Gasteiger partial charge in [0, 0.05) is 16.2 Å². The molecule has 5 rings (SSSR count). The van der Waals surface area contributed by atoms with Crippen LogP contribution in [0.1, 0.15) is 15.4 Å². The van der Waals surface area contributed by atoms with Gasteiger partial charge in [0.25, 0.3) is 0 Å². The predicted molar refractivity (Wildman–Crippen MR) is 98.4 cm³/mol. The maximum absolute atomic E-state index is 12.9. The lowest BCUT2D eigenvalue weighted by Gasteiger charge is -2.02. The molecule has 5 aromatic rings. The Bertz CT molecular complexity index is 1250. The number of nitrogens with zero attached hydrogens (tertiary/aromatic N) is 1. The molecular formula is C20H11NO3S. The smallest absolute Gasteiger partial charge is 0.225 e. The van der Waals surface area contributed by atoms with Crippen molar-refractivity contribution in [2.45, 2.75) is 0 Å². The molecule has 1 N–H and O–H groups in total. The first kappa shape index (κ1) is 14.2. The minimum atomic E-state index is -0.199. The molecule has 0 aliphatic rings. The second-order valence-electron chi connectivity index (χ2n) is 5.78. The quantitative estimate of drug-likeness (QED) is 0.450. The van der Waals surface area contributed by atoms with Crippen molar-refractivity contribution in [3.8, 4) is 5.75 Å². The molecule has 0 saturated carbocycles. The average molecular weight is 345 g/mol. The Morgan fingerprint density at radius 2 is 1.76 bits per heavy atom. The summed E-state index contributed by atoms with van der Waals surface area (Å²) < 4.78 is 6.64. The third-order valence-corrected chi connectivity index (χ3v) is 5.33. The minimum Gasteiger partial charge on any atom is -0.507 e. The molecule has 0 aliphatic carbocycles. The lowest BCUT2D eigenvalue weighted by atomic mass is 10.0. The number of ketones is 1. The van der Waals surface area contributed by atoms with Gasteiger partial charge in [-0.05, 0) is 18.2 Å². The number of aromatic hydroxyl groups is 1. The molecule has 0 unspecified atom stereocenters. The van der Waals surface area contributed by atoms with E-state index in [9.17, 15) is 9.90 Å². The molecule has 0 aliphatic heterocycles. The minimum absolute atomic E-state index is 0.128. The largest absolute Gasteiger partial charge is 0.507 e. The normalized spacial score (nSPS) is 11.5. The van der Waals surface area contributed by atoms with Gasteiger partial charge in [0.05, 0.1) is 15.8 Å². The molecule has 2 heterocycles. The molecule has 0 bridgehead atoms. The summed E-state index contributed by atoms with van der Waals surface area (Å²) in [5.74, 6) is -0.0718. The summed E-state index contributed by atoms with van der Waals surface area (Å²) in [5.41, 5.74) is 1.81. The summed E-state index contributed by atoms with van der Waals surface area (Å²) in [6.07, 6.45) is 1.45. The van der Waals surface area contributed by atoms with E-state index in [-0.39, 0.29) is 11.5 Å². The molecule has 0 radical (unpaired) electrons. The van der Waals surface area contributed by atoms with E-state index in [0.29, 0.717) is 26.9 Å². The number of furan rings is 1. The summed E-state index contributed by atoms with van der Waals surface area (Å²) in [5, 5.41) is 12.8. The van der Waals surface area contributed by atoms with Crippen LogP contribution < -0.4 is 0 Å². The highest BCUT2D eigenvalue weighted by Crippen LogP contribution is 2.36. The summed E-state index contributed by atoms with van der Waals surface area (Å²) in [6.45, 7) is 0. The van der Waals surface area contributed by atoms with Gasteiger partial charge in [-0.25, -0.2) is 4.98 Å². The van der Waals surface area contributed by atoms with Crippen molar-refractivity contribution in [1.29, 1.82) is 0 Å². The van der Waals surface area contributed by atoms with Crippen LogP contribution in [0.15, 0.2) is 65.3 Å². The van der Waals surface area contributed by atoms with E-state index in [0.717, 1.165) is 15.6 Å². The number of thiazole rings is 1. The second-order valence-corrected chi connectivity index (χ2v) is 6.81. The third kappa shape index (κ3) is 2.06. The number of fused-ring (bicyclic) bond motifs is 4. The van der Waals surface area contributed by atoms with E-state index < -0.39 is 0 Å². The van der Waals surface area contributed by atoms with Gasteiger partial charge >= 0.3 is 0 Å². The van der Waals surface area contributed by atoms with Gasteiger partial charge in [-0.15, -0.1) is 11.3 Å². The molecule has 4 nitrogen and oxygen atoms in total. The van der Waals surface area contributed by atoms with E-state index >= 15 is 0 Å². The highest BCUT2D eigenvalue weighted by molar-refractivity contribution is 7.20. The van der Waals surface area contributed by atoms with Crippen molar-refractivity contribution >= 4 is 49.1 Å². The molecule has 0 saturated heterocycles. The van der Waals surface area contributed by atoms with Gasteiger partial charge in [-0.2, -0.15) is 0 Å². The number of rotatable bonds is 2. The Balaban J connectivity index is 1.73. The van der Waals surface area contributed by atoms with Crippen LogP contribution >= 0.6 is 11.3 Å². The molecule has 0 spiro atoms. The van der Waals surface area contributed by atoms with Crippen LogP contribution in [0.5, 0.6) is 5.75 Å². The van der Waals surface area contributed by atoms with Gasteiger partial charge in [-0.1, -0.05) is 36.4 Å². The average Bonchev–Trinajstić information content (AvgIpc) is 3.25. The Kier molecular flexibility index (Phi) is 2.93. The zero-order chi connectivity index (χ0) is 17.0. The molecule has 0 fully saturated rings. The molecule has 2 aromatic heterocycles. The van der Waals surface area contributed by atoms with Crippen molar-refractivity contribution in [1.82, 2.24) is 4.98 Å². The highest BCUT2D eigenvalue weighted by atomic mass is 32.1. The predicted octanol–water partition coefficient (Wildman–Crippen LogP) is 5.13. The van der Waals surface area contributed by atoms with Crippen molar-refractivity contribution in [3.63, 3.8) is 0 Å². The summed E-state index contributed by atoms with van der Waals surface area (Å²) in [4.78, 5) is 17.4. The molecular weight excluding hydrogens is 334 g/mol. The highest BCUT2D eigenvalue weighted by Gasteiger charge is 2.21. The van der Waals surface area contributed by atoms with Gasteiger partial charge in [0.1, 0.15) is 17.6 Å². The fraction of sp³-hybridized carbons (Fsp3) is 0. The van der Waals surface area contributed by atoms with Crippen LogP contribution in [0.25, 0.3) is 32.0 Å². The number of carbonyl (C=O) groups is 1. The van der Waals surface area contributed by atoms with Crippen LogP contribution in [0, 0.1) is 0 Å². The van der Waals surface area contributed by atoms with Crippen LogP contribution in [0.3, 0.4) is 0 Å². The first-order valence-corrected chi connectivity index (χ1v) is 8.56. The number of phenols is 1. The lowest BCUT2D eigenvalue weighted by molar-refractivity contribution is 0.103. The standard InChI is InChI=1S/C20H11NO3S/c22-16-9-13-14(10-24-19(13)12-6-2-1-5-11(12)16)18(23)20-21-15-7-3-4-8-17(15)25-20/h1-10,22H. The summed E-state index contributed by atoms with van der Waals surface area (Å²) >= 11 is 1.36. The molecule has 0 atom stereocenters. The van der Waals surface area contributed by atoms with Crippen LogP contribution in [-0.4, -0.2) is 15.9 Å². The van der Waals surface area contributed by atoms with E-state index in [1.807, 2.05) is 48.5 Å². The third-order valence-electron chi connectivity index (χ3n) is 4.29. The first-order chi connectivity index (χ1) is 12.2. The van der Waals surface area contributed by atoms with E-state index in [1.54, 1.807) is 6.07 Å². The molecule has 5 heteroatoms. The van der Waals surface area contributed by atoms with Gasteiger partial charge in [0.2, 0.25) is 5.78 Å². The van der Waals surface area contributed by atoms with E-state index in [2.05, 4.69) is 4.98 Å². The Morgan fingerprint density at radius 3 is 2.60 bits per heavy atom. The van der Waals surface area contributed by atoms with E-state index in [4.69, 9.17) is 4.42 Å². The van der Waals surface area contributed by atoms with Gasteiger partial charge in [0.15, 0.2) is 5.01 Å². The van der Waals surface area contributed by atoms with Gasteiger partial charge in [-0.3, -0.25) is 4.79 Å². The monoisotopic (exact) mass is 345 g/mol. The molecule has 120 valence electrons. The number of phenolic OH excluding ortho intramolecular Hbond substituents is 1. The lowest BCUT2D eigenvalue weighted by Crippen LogP contribution is -1.99. The molecule has 25 heavy (non-hydrogen) atoms. The Labute approximate surface area is 146 Å². The van der Waals surface area contributed by atoms with E-state index in [1.165, 1.54) is 17.6 Å². The Morgan fingerprint density at radius 1 is 1.00 bits per heavy atom. The van der Waals surface area contributed by atoms with Crippen molar-refractivity contribution in [2.75, 3.05) is 0 Å². The SMILES string of the molecule is O=C(c1nc2ccccc2s1)c1coc2c1cc(O)c1ccccc12. The number of benzene rings is 3. The summed E-state index contributed by atoms with van der Waals surface area (Å²) in [7, 11) is 0. The molecule has 0 amide bonds. The number of hydrogen-bond donors (Lipinski definition) is 1. The van der Waals surface area contributed by atoms with Crippen molar-refractivity contribution in [2.24, 2.45) is 0 Å². The number of aromatic nitrogens is 1. The topological polar surface area (TPSA) is 63.3 Å². The number of para-hydroxylation sites is 1. The van der Waals surface area contributed by atoms with Crippen molar-refractivity contribution < 1.29 is 14.3 Å². The second kappa shape index (κ2) is 5.16.